The molecule has 22 heavy (non-hydrogen) atoms. The number of hydrogen-bond donors (Lipinski definition) is 0. The molecule has 0 saturated carbocycles. The van der Waals surface area contributed by atoms with Crippen LogP contribution in [0.4, 0.5) is 0 Å². The molecule has 3 aromatic carbocycles. The van der Waals surface area contributed by atoms with Crippen molar-refractivity contribution in [3.8, 4) is 0 Å². The first-order chi connectivity index (χ1) is 10.9. The molecule has 1 heteroatoms. The topological polar surface area (TPSA) is 12.9 Å². The molecule has 0 aliphatic heterocycles. The zero-order valence-electron chi connectivity index (χ0n) is 12.1. The van der Waals surface area contributed by atoms with E-state index in [0.29, 0.717) is 0 Å². The van der Waals surface area contributed by atoms with Crippen molar-refractivity contribution in [3.63, 3.8) is 0 Å². The van der Waals surface area contributed by atoms with Gasteiger partial charge in [0.05, 0.1) is 0 Å². The van der Waals surface area contributed by atoms with Crippen LogP contribution in [0.1, 0.15) is 11.1 Å². The van der Waals surface area contributed by atoms with Crippen molar-refractivity contribution < 1.29 is 0 Å². The maximum atomic E-state index is 4.05. The summed E-state index contributed by atoms with van der Waals surface area (Å²) < 4.78 is 0. The molecule has 1 nitrogen and oxygen atoms in total. The molecule has 0 N–H and O–H groups in total. The maximum Gasteiger partial charge on any atom is 0.0273 e. The number of fused-ring (bicyclic) bond motifs is 2. The van der Waals surface area contributed by atoms with Crippen molar-refractivity contribution in [2.75, 3.05) is 0 Å². The van der Waals surface area contributed by atoms with Crippen molar-refractivity contribution in [2.24, 2.45) is 0 Å². The summed E-state index contributed by atoms with van der Waals surface area (Å²) >= 11 is 0. The minimum absolute atomic E-state index is 1.16. The van der Waals surface area contributed by atoms with Gasteiger partial charge in [0, 0.05) is 12.4 Å². The molecule has 4 rings (SSSR count). The molecule has 1 heterocycles. The summed E-state index contributed by atoms with van der Waals surface area (Å²) in [5.41, 5.74) is 2.40. The molecule has 0 aliphatic rings. The summed E-state index contributed by atoms with van der Waals surface area (Å²) in [6.45, 7) is 0. The molecule has 0 unspecified atom stereocenters. The van der Waals surface area contributed by atoms with Crippen LogP contribution in [0.3, 0.4) is 0 Å². The Balaban J connectivity index is 1.87. The lowest BCUT2D eigenvalue weighted by atomic mass is 9.99. The molecule has 4 aromatic rings. The van der Waals surface area contributed by atoms with Gasteiger partial charge in [-0.15, -0.1) is 0 Å². The van der Waals surface area contributed by atoms with E-state index in [-0.39, 0.29) is 0 Å². The van der Waals surface area contributed by atoms with Gasteiger partial charge in [0.1, 0.15) is 0 Å². The van der Waals surface area contributed by atoms with E-state index >= 15 is 0 Å². The lowest BCUT2D eigenvalue weighted by molar-refractivity contribution is 1.32. The van der Waals surface area contributed by atoms with E-state index in [1.165, 1.54) is 27.1 Å². The highest BCUT2D eigenvalue weighted by molar-refractivity contribution is 6.02. The Kier molecular flexibility index (Phi) is 3.17. The Labute approximate surface area is 129 Å². The summed E-state index contributed by atoms with van der Waals surface area (Å²) in [4.78, 5) is 4.05. The predicted molar refractivity (Wildman–Crippen MR) is 94.6 cm³/mol. The van der Waals surface area contributed by atoms with Gasteiger partial charge < -0.3 is 0 Å². The Morgan fingerprint density at radius 1 is 0.636 bits per heavy atom. The molecule has 0 aliphatic carbocycles. The third kappa shape index (κ3) is 2.38. The Bertz CT molecular complexity index is 969. The third-order valence-electron chi connectivity index (χ3n) is 3.94. The first kappa shape index (κ1) is 12.8. The summed E-state index contributed by atoms with van der Waals surface area (Å²) in [6, 6.07) is 23.5. The maximum absolute atomic E-state index is 4.05. The lowest BCUT2D eigenvalue weighted by Gasteiger charge is -2.05. The van der Waals surface area contributed by atoms with Crippen LogP contribution in [0.15, 0.2) is 79.1 Å². The van der Waals surface area contributed by atoms with Crippen molar-refractivity contribution in [1.29, 1.82) is 0 Å². The van der Waals surface area contributed by atoms with Crippen LogP contribution in [0.25, 0.3) is 33.7 Å². The molecule has 0 amide bonds. The number of rotatable bonds is 2. The van der Waals surface area contributed by atoms with Crippen LogP contribution in [0.5, 0.6) is 0 Å². The van der Waals surface area contributed by atoms with E-state index in [9.17, 15) is 0 Å². The zero-order valence-corrected chi connectivity index (χ0v) is 12.1. The van der Waals surface area contributed by atoms with Gasteiger partial charge in [-0.05, 0) is 56.9 Å². The van der Waals surface area contributed by atoms with Gasteiger partial charge >= 0.3 is 0 Å². The van der Waals surface area contributed by atoms with Crippen molar-refractivity contribution in [2.45, 2.75) is 0 Å². The fraction of sp³-hybridized carbons (Fsp3) is 0. The molecule has 104 valence electrons. The zero-order chi connectivity index (χ0) is 14.8. The SMILES string of the molecule is C(=Cc1cccc2cc3ccccc3cc12)c1ccncc1. The van der Waals surface area contributed by atoms with Gasteiger partial charge in [-0.3, -0.25) is 4.98 Å². The average molecular weight is 281 g/mol. The quantitative estimate of drug-likeness (QED) is 0.438. The fourth-order valence-electron chi connectivity index (χ4n) is 2.80. The van der Waals surface area contributed by atoms with Crippen LogP contribution < -0.4 is 0 Å². The van der Waals surface area contributed by atoms with Gasteiger partial charge in [-0.1, -0.05) is 54.6 Å². The Morgan fingerprint density at radius 2 is 1.36 bits per heavy atom. The summed E-state index contributed by atoms with van der Waals surface area (Å²) in [6.07, 6.45) is 7.94. The second kappa shape index (κ2) is 5.45. The first-order valence-corrected chi connectivity index (χ1v) is 7.40. The van der Waals surface area contributed by atoms with Crippen LogP contribution in [0, 0.1) is 0 Å². The molecule has 0 bridgehead atoms. The highest BCUT2D eigenvalue weighted by Gasteiger charge is 2.01. The molecule has 0 atom stereocenters. The third-order valence-corrected chi connectivity index (χ3v) is 3.94. The van der Waals surface area contributed by atoms with E-state index in [4.69, 9.17) is 0 Å². The number of aromatic nitrogens is 1. The van der Waals surface area contributed by atoms with Crippen LogP contribution in [0.2, 0.25) is 0 Å². The fourth-order valence-corrected chi connectivity index (χ4v) is 2.80. The van der Waals surface area contributed by atoms with E-state index in [0.717, 1.165) is 5.56 Å². The van der Waals surface area contributed by atoms with E-state index in [1.807, 2.05) is 24.5 Å². The molecule has 0 spiro atoms. The van der Waals surface area contributed by atoms with Gasteiger partial charge in [0.25, 0.3) is 0 Å². The van der Waals surface area contributed by atoms with E-state index in [2.05, 4.69) is 71.7 Å². The van der Waals surface area contributed by atoms with Crippen molar-refractivity contribution in [3.05, 3.63) is 90.3 Å². The van der Waals surface area contributed by atoms with Gasteiger partial charge in [-0.25, -0.2) is 0 Å². The molecule has 1 aromatic heterocycles. The normalized spacial score (nSPS) is 11.5. The second-order valence-electron chi connectivity index (χ2n) is 5.38. The standard InChI is InChI=1S/C21H15N/c1-2-5-19-15-21-17(9-8-16-10-12-22-13-11-16)6-3-7-20(21)14-18(19)4-1/h1-15H. The van der Waals surface area contributed by atoms with Crippen LogP contribution >= 0.6 is 0 Å². The monoisotopic (exact) mass is 281 g/mol. The summed E-state index contributed by atoms with van der Waals surface area (Å²) in [7, 11) is 0. The van der Waals surface area contributed by atoms with Gasteiger partial charge in [-0.2, -0.15) is 0 Å². The molecular weight excluding hydrogens is 266 g/mol. The van der Waals surface area contributed by atoms with E-state index < -0.39 is 0 Å². The van der Waals surface area contributed by atoms with Crippen molar-refractivity contribution >= 4 is 33.7 Å². The molecule has 0 fully saturated rings. The van der Waals surface area contributed by atoms with E-state index in [1.54, 1.807) is 0 Å². The smallest absolute Gasteiger partial charge is 0.0273 e. The largest absolute Gasteiger partial charge is 0.265 e. The first-order valence-electron chi connectivity index (χ1n) is 7.40. The summed E-state index contributed by atoms with van der Waals surface area (Å²) in [5, 5.41) is 5.12. The Hall–Kier alpha value is -2.93. The number of pyridine rings is 1. The number of benzene rings is 3. The summed E-state index contributed by atoms with van der Waals surface area (Å²) in [5.74, 6) is 0. The predicted octanol–water partition coefficient (Wildman–Crippen LogP) is 5.56. The highest BCUT2D eigenvalue weighted by atomic mass is 14.6. The minimum Gasteiger partial charge on any atom is -0.265 e. The van der Waals surface area contributed by atoms with Gasteiger partial charge in [0.2, 0.25) is 0 Å². The van der Waals surface area contributed by atoms with Gasteiger partial charge in [0.15, 0.2) is 0 Å². The highest BCUT2D eigenvalue weighted by Crippen LogP contribution is 2.26. The number of hydrogen-bond acceptors (Lipinski definition) is 1. The molecule has 0 saturated heterocycles. The minimum atomic E-state index is 1.16. The van der Waals surface area contributed by atoms with Crippen LogP contribution in [-0.4, -0.2) is 4.98 Å². The van der Waals surface area contributed by atoms with Crippen LogP contribution in [-0.2, 0) is 0 Å². The average Bonchev–Trinajstić information content (AvgIpc) is 2.59. The Morgan fingerprint density at radius 3 is 2.18 bits per heavy atom. The second-order valence-corrected chi connectivity index (χ2v) is 5.38. The number of nitrogens with zero attached hydrogens (tertiary/aromatic N) is 1. The molecular formula is C21H15N. The molecule has 0 radical (unpaired) electrons. The lowest BCUT2D eigenvalue weighted by Crippen LogP contribution is -1.80. The van der Waals surface area contributed by atoms with Crippen molar-refractivity contribution in [1.82, 2.24) is 4.98 Å².